The second-order valence-electron chi connectivity index (χ2n) is 5.05. The topological polar surface area (TPSA) is 9.23 Å². The highest BCUT2D eigenvalue weighted by Crippen LogP contribution is 2.36. The molecule has 16 heavy (non-hydrogen) atoms. The fourth-order valence-electron chi connectivity index (χ4n) is 2.78. The summed E-state index contributed by atoms with van der Waals surface area (Å²) in [4.78, 5) is 0. The summed E-state index contributed by atoms with van der Waals surface area (Å²) in [5.74, 6) is 2.99. The lowest BCUT2D eigenvalue weighted by atomic mass is 9.86. The van der Waals surface area contributed by atoms with E-state index in [2.05, 4.69) is 26.7 Å². The van der Waals surface area contributed by atoms with Crippen molar-refractivity contribution in [2.45, 2.75) is 76.6 Å². The van der Waals surface area contributed by atoms with Crippen molar-refractivity contribution >= 4 is 8.32 Å². The number of hydrogen-bond donors (Lipinski definition) is 0. The van der Waals surface area contributed by atoms with E-state index >= 15 is 0 Å². The first-order valence-electron chi connectivity index (χ1n) is 6.84. The quantitative estimate of drug-likeness (QED) is 0.511. The highest BCUT2D eigenvalue weighted by Gasteiger charge is 2.40. The average Bonchev–Trinajstić information content (AvgIpc) is 2.37. The summed E-state index contributed by atoms with van der Waals surface area (Å²) in [6.07, 6.45) is 11.7. The minimum absolute atomic E-state index is 0.202. The van der Waals surface area contributed by atoms with Crippen LogP contribution in [-0.2, 0) is 4.43 Å². The Kier molecular flexibility index (Phi) is 5.08. The summed E-state index contributed by atoms with van der Waals surface area (Å²) in [5.41, 5.74) is -0.202. The summed E-state index contributed by atoms with van der Waals surface area (Å²) in [6.45, 7) is 6.81. The first-order chi connectivity index (χ1) is 7.66. The van der Waals surface area contributed by atoms with E-state index in [-0.39, 0.29) is 5.60 Å². The molecule has 1 nitrogen and oxygen atoms in total. The van der Waals surface area contributed by atoms with E-state index in [9.17, 15) is 0 Å². The van der Waals surface area contributed by atoms with Crippen LogP contribution in [0.5, 0.6) is 0 Å². The summed E-state index contributed by atoms with van der Waals surface area (Å²) in [6, 6.07) is 3.59. The van der Waals surface area contributed by atoms with Gasteiger partial charge in [-0.05, 0) is 43.8 Å². The SMILES string of the molecule is C#CC1(O[Si](CC)(CC)CC)CCCCC1. The van der Waals surface area contributed by atoms with Crippen LogP contribution >= 0.6 is 0 Å². The van der Waals surface area contributed by atoms with E-state index < -0.39 is 8.32 Å². The third kappa shape index (κ3) is 2.90. The molecule has 1 aliphatic rings. The lowest BCUT2D eigenvalue weighted by molar-refractivity contribution is 0.0750. The molecule has 0 heterocycles. The van der Waals surface area contributed by atoms with Gasteiger partial charge in [0.1, 0.15) is 5.60 Å². The highest BCUT2D eigenvalue weighted by atomic mass is 28.4. The zero-order valence-electron chi connectivity index (χ0n) is 11.1. The van der Waals surface area contributed by atoms with Gasteiger partial charge < -0.3 is 4.43 Å². The molecule has 1 saturated carbocycles. The zero-order chi connectivity index (χ0) is 12.1. The smallest absolute Gasteiger partial charge is 0.194 e. The minimum Gasteiger partial charge on any atom is -0.401 e. The van der Waals surface area contributed by atoms with E-state index in [1.807, 2.05) is 0 Å². The molecule has 0 saturated heterocycles. The molecule has 0 spiro atoms. The Morgan fingerprint density at radius 1 is 1.06 bits per heavy atom. The first kappa shape index (κ1) is 13.8. The maximum absolute atomic E-state index is 6.57. The Labute approximate surface area is 102 Å². The molecule has 0 radical (unpaired) electrons. The fraction of sp³-hybridized carbons (Fsp3) is 0.857. The molecular formula is C14H26OSi. The van der Waals surface area contributed by atoms with Crippen molar-refractivity contribution in [3.63, 3.8) is 0 Å². The van der Waals surface area contributed by atoms with Crippen molar-refractivity contribution < 1.29 is 4.43 Å². The molecule has 0 atom stereocenters. The molecule has 0 bridgehead atoms. The van der Waals surface area contributed by atoms with Crippen molar-refractivity contribution in [3.05, 3.63) is 0 Å². The van der Waals surface area contributed by atoms with Gasteiger partial charge >= 0.3 is 0 Å². The Morgan fingerprint density at radius 3 is 1.94 bits per heavy atom. The molecule has 92 valence electrons. The monoisotopic (exact) mass is 238 g/mol. The Bertz CT molecular complexity index is 236. The molecule has 1 fully saturated rings. The number of rotatable bonds is 5. The standard InChI is InChI=1S/C14H26OSi/c1-5-14(12-10-9-11-13-14)15-16(6-2,7-3)8-4/h1H,6-13H2,2-4H3. The third-order valence-corrected chi connectivity index (χ3v) is 8.96. The fourth-order valence-corrected chi connectivity index (χ4v) is 5.80. The summed E-state index contributed by atoms with van der Waals surface area (Å²) in [7, 11) is -1.54. The van der Waals surface area contributed by atoms with Gasteiger partial charge in [-0.25, -0.2) is 0 Å². The van der Waals surface area contributed by atoms with Crippen molar-refractivity contribution in [2.75, 3.05) is 0 Å². The van der Waals surface area contributed by atoms with Crippen LogP contribution in [0.4, 0.5) is 0 Å². The predicted octanol–water partition coefficient (Wildman–Crippen LogP) is 4.34. The molecule has 0 unspecified atom stereocenters. The molecule has 0 aromatic carbocycles. The zero-order valence-corrected chi connectivity index (χ0v) is 12.1. The molecule has 0 amide bonds. The first-order valence-corrected chi connectivity index (χ1v) is 9.37. The lowest BCUT2D eigenvalue weighted by Gasteiger charge is -2.41. The van der Waals surface area contributed by atoms with Crippen LogP contribution in [0.25, 0.3) is 0 Å². The summed E-state index contributed by atoms with van der Waals surface area (Å²) in [5, 5.41) is 0. The van der Waals surface area contributed by atoms with Gasteiger partial charge in [0.25, 0.3) is 0 Å². The van der Waals surface area contributed by atoms with E-state index in [1.54, 1.807) is 0 Å². The molecule has 2 heteroatoms. The Balaban J connectivity index is 2.78. The maximum atomic E-state index is 6.57. The number of terminal acetylenes is 1. The van der Waals surface area contributed by atoms with Crippen LogP contribution in [0.3, 0.4) is 0 Å². The largest absolute Gasteiger partial charge is 0.401 e. The van der Waals surface area contributed by atoms with Gasteiger partial charge in [0.15, 0.2) is 8.32 Å². The molecular weight excluding hydrogens is 212 g/mol. The average molecular weight is 238 g/mol. The van der Waals surface area contributed by atoms with Crippen LogP contribution < -0.4 is 0 Å². The van der Waals surface area contributed by atoms with E-state index in [1.165, 1.54) is 37.4 Å². The third-order valence-electron chi connectivity index (χ3n) is 4.27. The van der Waals surface area contributed by atoms with Crippen LogP contribution in [-0.4, -0.2) is 13.9 Å². The van der Waals surface area contributed by atoms with Gasteiger partial charge in [-0.3, -0.25) is 0 Å². The summed E-state index contributed by atoms with van der Waals surface area (Å²) >= 11 is 0. The van der Waals surface area contributed by atoms with Crippen molar-refractivity contribution in [1.82, 2.24) is 0 Å². The van der Waals surface area contributed by atoms with Crippen LogP contribution in [0, 0.1) is 12.3 Å². The van der Waals surface area contributed by atoms with Gasteiger partial charge in [-0.2, -0.15) is 0 Å². The van der Waals surface area contributed by atoms with Crippen LogP contribution in [0.1, 0.15) is 52.9 Å². The molecule has 0 aromatic rings. The van der Waals surface area contributed by atoms with E-state index in [0.29, 0.717) is 0 Å². The second-order valence-corrected chi connectivity index (χ2v) is 9.74. The molecule has 0 N–H and O–H groups in total. The normalized spacial score (nSPS) is 20.4. The maximum Gasteiger partial charge on any atom is 0.194 e. The Hall–Kier alpha value is -0.263. The van der Waals surface area contributed by atoms with E-state index in [4.69, 9.17) is 10.8 Å². The van der Waals surface area contributed by atoms with Crippen molar-refractivity contribution in [1.29, 1.82) is 0 Å². The molecule has 1 aliphatic carbocycles. The van der Waals surface area contributed by atoms with Crippen LogP contribution in [0.15, 0.2) is 0 Å². The van der Waals surface area contributed by atoms with Gasteiger partial charge in [-0.1, -0.05) is 33.1 Å². The van der Waals surface area contributed by atoms with Gasteiger partial charge in [0.2, 0.25) is 0 Å². The molecule has 0 aromatic heterocycles. The van der Waals surface area contributed by atoms with Crippen LogP contribution in [0.2, 0.25) is 18.1 Å². The lowest BCUT2D eigenvalue weighted by Crippen LogP contribution is -2.47. The second kappa shape index (κ2) is 5.89. The van der Waals surface area contributed by atoms with Gasteiger partial charge in [0, 0.05) is 0 Å². The predicted molar refractivity (Wildman–Crippen MR) is 72.9 cm³/mol. The van der Waals surface area contributed by atoms with Crippen molar-refractivity contribution in [3.8, 4) is 12.3 Å². The Morgan fingerprint density at radius 2 is 1.56 bits per heavy atom. The summed E-state index contributed by atoms with van der Waals surface area (Å²) < 4.78 is 6.57. The van der Waals surface area contributed by atoms with E-state index in [0.717, 1.165) is 12.8 Å². The van der Waals surface area contributed by atoms with Gasteiger partial charge in [0.05, 0.1) is 0 Å². The highest BCUT2D eigenvalue weighted by molar-refractivity contribution is 6.73. The molecule has 0 aliphatic heterocycles. The minimum atomic E-state index is -1.54. The van der Waals surface area contributed by atoms with Crippen molar-refractivity contribution in [2.24, 2.45) is 0 Å². The number of hydrogen-bond acceptors (Lipinski definition) is 1. The van der Waals surface area contributed by atoms with Gasteiger partial charge in [-0.15, -0.1) is 6.42 Å². The molecule has 1 rings (SSSR count).